The molecule has 0 amide bonds. The lowest BCUT2D eigenvalue weighted by Crippen LogP contribution is -2.27. The average molecular weight is 230 g/mol. The lowest BCUT2D eigenvalue weighted by molar-refractivity contribution is -0.141. The minimum Gasteiger partial charge on any atom is -0.506 e. The van der Waals surface area contributed by atoms with Gasteiger partial charge in [0.15, 0.2) is 0 Å². The van der Waals surface area contributed by atoms with Crippen molar-refractivity contribution in [2.45, 2.75) is 13.0 Å². The number of rotatable bonds is 3. The summed E-state index contributed by atoms with van der Waals surface area (Å²) in [5, 5.41) is 12.3. The number of methoxy groups -OCH3 is 1. The molecule has 0 aliphatic carbocycles. The molecule has 0 aromatic heterocycles. The molecule has 0 spiro atoms. The summed E-state index contributed by atoms with van der Waals surface area (Å²) >= 11 is 5.70. The van der Waals surface area contributed by atoms with Gasteiger partial charge in [0.1, 0.15) is 11.8 Å². The first kappa shape index (κ1) is 11.7. The Morgan fingerprint density at radius 2 is 2.27 bits per heavy atom. The standard InChI is InChI=1S/C10H12ClNO3/c1-6(10(14)15-2)12-7-3-4-9(13)8(11)5-7/h3-6,12-13H,1-2H3. The van der Waals surface area contributed by atoms with Crippen LogP contribution in [0.2, 0.25) is 5.02 Å². The third-order valence-corrected chi connectivity index (χ3v) is 2.19. The number of carbonyl (C=O) groups is 1. The Labute approximate surface area is 92.8 Å². The van der Waals surface area contributed by atoms with Gasteiger partial charge in [-0.3, -0.25) is 0 Å². The van der Waals surface area contributed by atoms with E-state index >= 15 is 0 Å². The summed E-state index contributed by atoms with van der Waals surface area (Å²) < 4.78 is 4.55. The third-order valence-electron chi connectivity index (χ3n) is 1.89. The molecule has 0 saturated carbocycles. The Morgan fingerprint density at radius 3 is 2.80 bits per heavy atom. The Balaban J connectivity index is 2.73. The molecule has 1 rings (SSSR count). The van der Waals surface area contributed by atoms with E-state index in [-0.39, 0.29) is 16.7 Å². The van der Waals surface area contributed by atoms with Crippen LogP contribution in [0.15, 0.2) is 18.2 Å². The first-order valence-corrected chi connectivity index (χ1v) is 4.75. The van der Waals surface area contributed by atoms with Crippen LogP contribution in [-0.4, -0.2) is 24.2 Å². The van der Waals surface area contributed by atoms with Gasteiger partial charge in [-0.25, -0.2) is 4.79 Å². The molecule has 0 radical (unpaired) electrons. The zero-order chi connectivity index (χ0) is 11.4. The van der Waals surface area contributed by atoms with Crippen molar-refractivity contribution in [3.63, 3.8) is 0 Å². The van der Waals surface area contributed by atoms with Gasteiger partial charge in [0.25, 0.3) is 0 Å². The van der Waals surface area contributed by atoms with Crippen LogP contribution in [0.5, 0.6) is 5.75 Å². The van der Waals surface area contributed by atoms with Crippen molar-refractivity contribution in [1.82, 2.24) is 0 Å². The molecule has 15 heavy (non-hydrogen) atoms. The van der Waals surface area contributed by atoms with Crippen LogP contribution in [0.1, 0.15) is 6.92 Å². The van der Waals surface area contributed by atoms with E-state index < -0.39 is 6.04 Å². The van der Waals surface area contributed by atoms with Crippen molar-refractivity contribution in [2.75, 3.05) is 12.4 Å². The van der Waals surface area contributed by atoms with E-state index in [2.05, 4.69) is 10.1 Å². The highest BCUT2D eigenvalue weighted by molar-refractivity contribution is 6.32. The Bertz CT molecular complexity index is 368. The van der Waals surface area contributed by atoms with Gasteiger partial charge in [-0.1, -0.05) is 11.6 Å². The van der Waals surface area contributed by atoms with E-state index in [0.29, 0.717) is 5.69 Å². The van der Waals surface area contributed by atoms with Crippen molar-refractivity contribution < 1.29 is 14.6 Å². The number of ether oxygens (including phenoxy) is 1. The van der Waals surface area contributed by atoms with E-state index in [0.717, 1.165) is 0 Å². The van der Waals surface area contributed by atoms with Crippen molar-refractivity contribution in [2.24, 2.45) is 0 Å². The summed E-state index contributed by atoms with van der Waals surface area (Å²) in [6, 6.07) is 4.15. The summed E-state index contributed by atoms with van der Waals surface area (Å²) in [5.41, 5.74) is 0.649. The summed E-state index contributed by atoms with van der Waals surface area (Å²) in [6.45, 7) is 1.67. The fourth-order valence-corrected chi connectivity index (χ4v) is 1.26. The molecule has 0 aliphatic rings. The van der Waals surface area contributed by atoms with Gasteiger partial charge in [0.2, 0.25) is 0 Å². The van der Waals surface area contributed by atoms with Gasteiger partial charge in [-0.05, 0) is 25.1 Å². The number of anilines is 1. The molecule has 1 aromatic rings. The number of hydrogen-bond acceptors (Lipinski definition) is 4. The first-order chi connectivity index (χ1) is 7.04. The molecule has 4 nitrogen and oxygen atoms in total. The Kier molecular flexibility index (Phi) is 3.80. The number of phenols is 1. The van der Waals surface area contributed by atoms with Crippen LogP contribution in [0.25, 0.3) is 0 Å². The van der Waals surface area contributed by atoms with Crippen molar-refractivity contribution in [1.29, 1.82) is 0 Å². The van der Waals surface area contributed by atoms with Crippen molar-refractivity contribution >= 4 is 23.3 Å². The molecular formula is C10H12ClNO3. The quantitative estimate of drug-likeness (QED) is 0.615. The van der Waals surface area contributed by atoms with Crippen LogP contribution >= 0.6 is 11.6 Å². The number of carbonyl (C=O) groups excluding carboxylic acids is 1. The maximum absolute atomic E-state index is 11.1. The average Bonchev–Trinajstić information content (AvgIpc) is 2.22. The van der Waals surface area contributed by atoms with E-state index in [4.69, 9.17) is 11.6 Å². The smallest absolute Gasteiger partial charge is 0.327 e. The largest absolute Gasteiger partial charge is 0.506 e. The zero-order valence-electron chi connectivity index (χ0n) is 8.45. The maximum atomic E-state index is 11.1. The third kappa shape index (κ3) is 3.02. The van der Waals surface area contributed by atoms with Crippen LogP contribution in [0.3, 0.4) is 0 Å². The number of hydrogen-bond donors (Lipinski definition) is 2. The number of phenolic OH excluding ortho intramolecular Hbond substituents is 1. The SMILES string of the molecule is COC(=O)C(C)Nc1ccc(O)c(Cl)c1. The Morgan fingerprint density at radius 1 is 1.60 bits per heavy atom. The summed E-state index contributed by atoms with van der Waals surface area (Å²) in [6.07, 6.45) is 0. The predicted molar refractivity (Wildman–Crippen MR) is 58.2 cm³/mol. The molecule has 0 saturated heterocycles. The number of nitrogens with one attached hydrogen (secondary N) is 1. The van der Waals surface area contributed by atoms with Crippen LogP contribution in [-0.2, 0) is 9.53 Å². The minimum absolute atomic E-state index is 0.00735. The summed E-state index contributed by atoms with van der Waals surface area (Å²) in [5.74, 6) is -0.355. The lowest BCUT2D eigenvalue weighted by Gasteiger charge is -2.13. The highest BCUT2D eigenvalue weighted by Gasteiger charge is 2.12. The van der Waals surface area contributed by atoms with E-state index in [1.54, 1.807) is 13.0 Å². The molecule has 0 fully saturated rings. The fraction of sp³-hybridized carbons (Fsp3) is 0.300. The number of halogens is 1. The van der Waals surface area contributed by atoms with Crippen molar-refractivity contribution in [3.05, 3.63) is 23.2 Å². The topological polar surface area (TPSA) is 58.6 Å². The molecule has 0 bridgehead atoms. The second-order valence-electron chi connectivity index (χ2n) is 3.06. The van der Waals surface area contributed by atoms with Gasteiger partial charge < -0.3 is 15.2 Å². The van der Waals surface area contributed by atoms with Gasteiger partial charge in [-0.15, -0.1) is 0 Å². The van der Waals surface area contributed by atoms with E-state index in [9.17, 15) is 9.90 Å². The molecule has 5 heteroatoms. The Hall–Kier alpha value is -1.42. The summed E-state index contributed by atoms with van der Waals surface area (Å²) in [4.78, 5) is 11.1. The first-order valence-electron chi connectivity index (χ1n) is 4.37. The minimum atomic E-state index is -0.462. The highest BCUT2D eigenvalue weighted by Crippen LogP contribution is 2.26. The number of benzene rings is 1. The van der Waals surface area contributed by atoms with Crippen LogP contribution < -0.4 is 5.32 Å². The van der Waals surface area contributed by atoms with Gasteiger partial charge in [0, 0.05) is 5.69 Å². The van der Waals surface area contributed by atoms with Crippen LogP contribution in [0.4, 0.5) is 5.69 Å². The molecule has 1 unspecified atom stereocenters. The predicted octanol–water partition coefficient (Wildman–Crippen LogP) is 2.02. The molecule has 1 aromatic carbocycles. The normalized spacial score (nSPS) is 11.9. The highest BCUT2D eigenvalue weighted by atomic mass is 35.5. The number of aromatic hydroxyl groups is 1. The van der Waals surface area contributed by atoms with Gasteiger partial charge >= 0.3 is 5.97 Å². The number of esters is 1. The van der Waals surface area contributed by atoms with Crippen molar-refractivity contribution in [3.8, 4) is 5.75 Å². The monoisotopic (exact) mass is 229 g/mol. The second-order valence-corrected chi connectivity index (χ2v) is 3.46. The molecule has 1 atom stereocenters. The molecule has 2 N–H and O–H groups in total. The zero-order valence-corrected chi connectivity index (χ0v) is 9.21. The van der Waals surface area contributed by atoms with E-state index in [1.807, 2.05) is 0 Å². The maximum Gasteiger partial charge on any atom is 0.327 e. The van der Waals surface area contributed by atoms with Crippen LogP contribution in [0, 0.1) is 0 Å². The van der Waals surface area contributed by atoms with E-state index in [1.165, 1.54) is 19.2 Å². The fourth-order valence-electron chi connectivity index (χ4n) is 1.08. The molecule has 0 aliphatic heterocycles. The molecular weight excluding hydrogens is 218 g/mol. The molecule has 0 heterocycles. The summed E-state index contributed by atoms with van der Waals surface area (Å²) in [7, 11) is 1.32. The lowest BCUT2D eigenvalue weighted by atomic mass is 10.2. The van der Waals surface area contributed by atoms with Gasteiger partial charge in [-0.2, -0.15) is 0 Å². The van der Waals surface area contributed by atoms with Gasteiger partial charge in [0.05, 0.1) is 12.1 Å². The molecule has 82 valence electrons. The second kappa shape index (κ2) is 4.89.